The molecule has 3 rings (SSSR count). The minimum Gasteiger partial charge on any atom is -0.497 e. The van der Waals surface area contributed by atoms with Crippen molar-refractivity contribution in [1.82, 2.24) is 0 Å². The van der Waals surface area contributed by atoms with Crippen LogP contribution < -0.4 is 4.74 Å². The van der Waals surface area contributed by atoms with Gasteiger partial charge in [0.25, 0.3) is 0 Å². The summed E-state index contributed by atoms with van der Waals surface area (Å²) in [6, 6.07) is 7.89. The van der Waals surface area contributed by atoms with Gasteiger partial charge in [-0.3, -0.25) is 4.79 Å². The first kappa shape index (κ1) is 20.1. The smallest absolute Gasteiger partial charge is 0.155 e. The third-order valence-corrected chi connectivity index (χ3v) is 5.56. The second kappa shape index (κ2) is 8.13. The number of rotatable bonds is 11. The van der Waals surface area contributed by atoms with Crippen molar-refractivity contribution in [2.45, 2.75) is 70.1 Å². The van der Waals surface area contributed by atoms with Crippen LogP contribution in [0.2, 0.25) is 0 Å². The van der Waals surface area contributed by atoms with Crippen molar-refractivity contribution in [2.24, 2.45) is 0 Å². The van der Waals surface area contributed by atoms with Gasteiger partial charge < -0.3 is 18.9 Å². The molecule has 0 saturated carbocycles. The number of benzene rings is 1. The fourth-order valence-electron chi connectivity index (χ4n) is 3.29. The highest BCUT2D eigenvalue weighted by Gasteiger charge is 2.56. The molecular formula is C22H30O5. The van der Waals surface area contributed by atoms with E-state index in [4.69, 9.17) is 18.9 Å². The van der Waals surface area contributed by atoms with Crippen LogP contribution in [0.15, 0.2) is 36.4 Å². The normalized spacial score (nSPS) is 31.9. The van der Waals surface area contributed by atoms with Gasteiger partial charge in [-0.1, -0.05) is 19.1 Å². The molecule has 148 valence electrons. The molecule has 0 radical (unpaired) electrons. The molecule has 0 aromatic heterocycles. The highest BCUT2D eigenvalue weighted by Crippen LogP contribution is 2.46. The second-order valence-electron chi connectivity index (χ2n) is 7.76. The highest BCUT2D eigenvalue weighted by molar-refractivity contribution is 5.89. The molecule has 2 aliphatic heterocycles. The average Bonchev–Trinajstić information content (AvgIpc) is 3.54. The molecule has 2 fully saturated rings. The van der Waals surface area contributed by atoms with Gasteiger partial charge in [0.05, 0.1) is 32.0 Å². The summed E-state index contributed by atoms with van der Waals surface area (Å²) in [5.74, 6) is 0.983. The minimum absolute atomic E-state index is 0.129. The van der Waals surface area contributed by atoms with Crippen molar-refractivity contribution < 1.29 is 23.7 Å². The maximum atomic E-state index is 11.4. The molecule has 0 unspecified atom stereocenters. The highest BCUT2D eigenvalue weighted by atomic mass is 16.6. The van der Waals surface area contributed by atoms with E-state index in [1.165, 1.54) is 0 Å². The van der Waals surface area contributed by atoms with Crippen molar-refractivity contribution in [3.05, 3.63) is 42.0 Å². The summed E-state index contributed by atoms with van der Waals surface area (Å²) in [5, 5.41) is 0. The van der Waals surface area contributed by atoms with Crippen molar-refractivity contribution in [2.75, 3.05) is 13.7 Å². The van der Waals surface area contributed by atoms with Crippen LogP contribution in [0, 0.1) is 0 Å². The van der Waals surface area contributed by atoms with Crippen LogP contribution in [-0.2, 0) is 25.6 Å². The molecule has 0 spiro atoms. The summed E-state index contributed by atoms with van der Waals surface area (Å²) in [7, 11) is 1.66. The fraction of sp³-hybridized carbons (Fsp3) is 0.591. The van der Waals surface area contributed by atoms with E-state index in [0.717, 1.165) is 24.2 Å². The van der Waals surface area contributed by atoms with E-state index in [-0.39, 0.29) is 29.2 Å². The van der Waals surface area contributed by atoms with Crippen LogP contribution in [0.1, 0.15) is 45.6 Å². The molecule has 0 amide bonds. The molecule has 4 atom stereocenters. The lowest BCUT2D eigenvalue weighted by molar-refractivity contribution is -0.114. The first-order valence-corrected chi connectivity index (χ1v) is 9.67. The lowest BCUT2D eigenvalue weighted by Gasteiger charge is -2.07. The predicted molar refractivity (Wildman–Crippen MR) is 103 cm³/mol. The molecule has 1 aromatic carbocycles. The maximum absolute atomic E-state index is 11.4. The first-order valence-electron chi connectivity index (χ1n) is 9.67. The average molecular weight is 374 g/mol. The summed E-state index contributed by atoms with van der Waals surface area (Å²) in [4.78, 5) is 11.4. The maximum Gasteiger partial charge on any atom is 0.155 e. The summed E-state index contributed by atoms with van der Waals surface area (Å²) in [6.07, 6.45) is 6.23. The van der Waals surface area contributed by atoms with Gasteiger partial charge in [0.2, 0.25) is 0 Å². The number of methoxy groups -OCH3 is 1. The molecule has 0 N–H and O–H groups in total. The van der Waals surface area contributed by atoms with Crippen LogP contribution in [0.5, 0.6) is 5.75 Å². The van der Waals surface area contributed by atoms with E-state index >= 15 is 0 Å². The van der Waals surface area contributed by atoms with E-state index < -0.39 is 0 Å². The molecule has 5 nitrogen and oxygen atoms in total. The van der Waals surface area contributed by atoms with Crippen LogP contribution >= 0.6 is 0 Å². The lowest BCUT2D eigenvalue weighted by atomic mass is 9.96. The van der Waals surface area contributed by atoms with Crippen molar-refractivity contribution in [3.63, 3.8) is 0 Å². The summed E-state index contributed by atoms with van der Waals surface area (Å²) >= 11 is 0. The van der Waals surface area contributed by atoms with Crippen molar-refractivity contribution in [1.29, 1.82) is 0 Å². The minimum atomic E-state index is -0.295. The Kier molecular flexibility index (Phi) is 6.04. The third kappa shape index (κ3) is 5.18. The number of carbonyl (C=O) groups is 1. The van der Waals surface area contributed by atoms with Gasteiger partial charge in [-0.05, 0) is 56.5 Å². The van der Waals surface area contributed by atoms with E-state index in [1.54, 1.807) is 13.2 Å². The molecular weight excluding hydrogens is 344 g/mol. The number of ether oxygens (including phenoxy) is 4. The zero-order valence-electron chi connectivity index (χ0n) is 16.7. The summed E-state index contributed by atoms with van der Waals surface area (Å²) in [5.41, 5.74) is 0.695. The van der Waals surface area contributed by atoms with Crippen LogP contribution in [0.25, 0.3) is 0 Å². The number of allylic oxidation sites excluding steroid dienone is 1. The quantitative estimate of drug-likeness (QED) is 0.435. The SMILES string of the molecule is CCC(=O)/C=C/[C@@]1(C)O[C@@H]1CC[C@@]1(C)O[C@@H]1COCc1ccc(OC)cc1. The molecule has 2 aliphatic rings. The zero-order chi connectivity index (χ0) is 19.5. The topological polar surface area (TPSA) is 60.6 Å². The van der Waals surface area contributed by atoms with Gasteiger partial charge in [-0.2, -0.15) is 0 Å². The van der Waals surface area contributed by atoms with E-state index in [0.29, 0.717) is 19.6 Å². The molecule has 1 aromatic rings. The molecule has 2 saturated heterocycles. The van der Waals surface area contributed by atoms with E-state index in [9.17, 15) is 4.79 Å². The van der Waals surface area contributed by atoms with Crippen molar-refractivity contribution in [3.8, 4) is 5.75 Å². The van der Waals surface area contributed by atoms with Gasteiger partial charge in [0.15, 0.2) is 5.78 Å². The molecule has 2 heterocycles. The van der Waals surface area contributed by atoms with Gasteiger partial charge in [0.1, 0.15) is 17.5 Å². The van der Waals surface area contributed by atoms with Gasteiger partial charge in [-0.15, -0.1) is 0 Å². The monoisotopic (exact) mass is 374 g/mol. The number of ketones is 1. The van der Waals surface area contributed by atoms with Crippen molar-refractivity contribution >= 4 is 5.78 Å². The fourth-order valence-corrected chi connectivity index (χ4v) is 3.29. The number of hydrogen-bond acceptors (Lipinski definition) is 5. The largest absolute Gasteiger partial charge is 0.497 e. The molecule has 0 bridgehead atoms. The van der Waals surface area contributed by atoms with Gasteiger partial charge in [-0.25, -0.2) is 0 Å². The Morgan fingerprint density at radius 1 is 1.19 bits per heavy atom. The van der Waals surface area contributed by atoms with E-state index in [1.807, 2.05) is 44.2 Å². The Labute approximate surface area is 161 Å². The first-order chi connectivity index (χ1) is 12.9. The van der Waals surface area contributed by atoms with Gasteiger partial charge >= 0.3 is 0 Å². The summed E-state index contributed by atoms with van der Waals surface area (Å²) in [6.45, 7) is 7.19. The second-order valence-corrected chi connectivity index (χ2v) is 7.76. The van der Waals surface area contributed by atoms with Crippen LogP contribution in [-0.4, -0.2) is 42.9 Å². The molecule has 27 heavy (non-hydrogen) atoms. The number of hydrogen-bond donors (Lipinski definition) is 0. The number of carbonyl (C=O) groups excluding carboxylic acids is 1. The van der Waals surface area contributed by atoms with Crippen LogP contribution in [0.4, 0.5) is 0 Å². The lowest BCUT2D eigenvalue weighted by Crippen LogP contribution is -2.16. The molecule has 0 aliphatic carbocycles. The Hall–Kier alpha value is -1.69. The van der Waals surface area contributed by atoms with Crippen LogP contribution in [0.3, 0.4) is 0 Å². The summed E-state index contributed by atoms with van der Waals surface area (Å²) < 4.78 is 22.6. The third-order valence-electron chi connectivity index (χ3n) is 5.56. The Morgan fingerprint density at radius 3 is 2.59 bits per heavy atom. The predicted octanol–water partition coefficient (Wildman–Crippen LogP) is 3.84. The zero-order valence-corrected chi connectivity index (χ0v) is 16.7. The van der Waals surface area contributed by atoms with E-state index in [2.05, 4.69) is 6.92 Å². The Balaban J connectivity index is 1.34. The Morgan fingerprint density at radius 2 is 1.93 bits per heavy atom. The van der Waals surface area contributed by atoms with Gasteiger partial charge in [0, 0.05) is 6.42 Å². The molecule has 5 heteroatoms. The standard InChI is InChI=1S/C22H30O5/c1-5-17(23)10-12-21(2)19(26-21)11-13-22(3)20(27-22)15-25-14-16-6-8-18(24-4)9-7-16/h6-10,12,19-20H,5,11,13-15H2,1-4H3/b12-10+/t19-,20-,21-,22-/m1/s1. The number of epoxide rings is 2. The Bertz CT molecular complexity index is 682.